The van der Waals surface area contributed by atoms with E-state index in [0.717, 1.165) is 59.5 Å². The molecule has 1 amide bonds. The second kappa shape index (κ2) is 11.2. The summed E-state index contributed by atoms with van der Waals surface area (Å²) in [6, 6.07) is 13.7. The largest absolute Gasteiger partial charge is 0.297 e. The molecule has 1 aromatic heterocycles. The predicted octanol–water partition coefficient (Wildman–Crippen LogP) is 6.18. The van der Waals surface area contributed by atoms with E-state index in [1.165, 1.54) is 19.3 Å². The molecule has 35 heavy (non-hydrogen) atoms. The number of amides is 1. The highest BCUT2D eigenvalue weighted by Crippen LogP contribution is 2.34. The third kappa shape index (κ3) is 5.69. The van der Waals surface area contributed by atoms with Gasteiger partial charge in [0.25, 0.3) is 5.91 Å². The van der Waals surface area contributed by atoms with Gasteiger partial charge < -0.3 is 0 Å². The molecule has 2 aliphatic heterocycles. The molecule has 2 saturated heterocycles. The highest BCUT2D eigenvalue weighted by Gasteiger charge is 2.28. The van der Waals surface area contributed by atoms with Crippen LogP contribution < -0.4 is 5.43 Å². The highest BCUT2D eigenvalue weighted by atomic mass is 127. The van der Waals surface area contributed by atoms with Crippen LogP contribution in [0, 0.1) is 3.57 Å². The van der Waals surface area contributed by atoms with Crippen LogP contribution in [-0.4, -0.2) is 51.5 Å². The summed E-state index contributed by atoms with van der Waals surface area (Å²) in [7, 11) is 0. The minimum absolute atomic E-state index is 0.170. The van der Waals surface area contributed by atoms with Crippen molar-refractivity contribution >= 4 is 51.7 Å². The number of hydrogen-bond donors (Lipinski definition) is 1. The minimum Gasteiger partial charge on any atom is -0.297 e. The summed E-state index contributed by atoms with van der Waals surface area (Å²) in [5, 5.41) is 3.08. The highest BCUT2D eigenvalue weighted by molar-refractivity contribution is 14.1. The lowest BCUT2D eigenvalue weighted by Crippen LogP contribution is -2.45. The third-order valence-corrected chi connectivity index (χ3v) is 7.90. The van der Waals surface area contributed by atoms with E-state index in [0.29, 0.717) is 28.1 Å². The van der Waals surface area contributed by atoms with Crippen LogP contribution in [0.5, 0.6) is 0 Å². The standard InChI is InChI=1S/C26H28Cl2IN5O/c27-18-6-11-21(22(28)16-18)25-30-24(26(35)31-33-14-2-1-3-15-33)23(17-32-12-4-5-13-32)34(25)20-9-7-19(29)8-10-20/h6-11,16H,1-5,12-15,17H2,(H,31,35). The van der Waals surface area contributed by atoms with Crippen LogP contribution in [0.3, 0.4) is 0 Å². The summed E-state index contributed by atoms with van der Waals surface area (Å²) in [6.07, 6.45) is 5.71. The van der Waals surface area contributed by atoms with Gasteiger partial charge in [0.2, 0.25) is 0 Å². The number of rotatable bonds is 6. The molecule has 2 aliphatic rings. The van der Waals surface area contributed by atoms with Crippen molar-refractivity contribution in [3.63, 3.8) is 0 Å². The van der Waals surface area contributed by atoms with Gasteiger partial charge in [0.05, 0.1) is 10.7 Å². The van der Waals surface area contributed by atoms with E-state index in [9.17, 15) is 4.79 Å². The lowest BCUT2D eigenvalue weighted by molar-refractivity contribution is 0.0743. The zero-order valence-electron chi connectivity index (χ0n) is 19.4. The molecule has 2 aromatic carbocycles. The van der Waals surface area contributed by atoms with Gasteiger partial charge in [-0.2, -0.15) is 0 Å². The van der Waals surface area contributed by atoms with Crippen LogP contribution in [-0.2, 0) is 6.54 Å². The average molecular weight is 624 g/mol. The van der Waals surface area contributed by atoms with Gasteiger partial charge in [-0.05, 0) is 104 Å². The number of benzene rings is 2. The SMILES string of the molecule is O=C(NN1CCCCC1)c1nc(-c2ccc(Cl)cc2Cl)n(-c2ccc(I)cc2)c1CN1CCCC1. The summed E-state index contributed by atoms with van der Waals surface area (Å²) in [5.74, 6) is 0.475. The molecule has 0 atom stereocenters. The Morgan fingerprint density at radius 3 is 2.31 bits per heavy atom. The molecule has 0 spiro atoms. The first-order chi connectivity index (χ1) is 17.0. The Morgan fingerprint density at radius 2 is 1.63 bits per heavy atom. The number of aromatic nitrogens is 2. The summed E-state index contributed by atoms with van der Waals surface area (Å²) in [4.78, 5) is 21.0. The minimum atomic E-state index is -0.170. The Kier molecular flexibility index (Phi) is 7.99. The molecule has 2 fully saturated rings. The fourth-order valence-corrected chi connectivity index (χ4v) is 5.71. The van der Waals surface area contributed by atoms with E-state index in [4.69, 9.17) is 28.2 Å². The molecule has 184 valence electrons. The number of likely N-dealkylation sites (tertiary alicyclic amines) is 1. The van der Waals surface area contributed by atoms with Gasteiger partial charge in [-0.25, -0.2) is 9.99 Å². The monoisotopic (exact) mass is 623 g/mol. The van der Waals surface area contributed by atoms with Crippen LogP contribution >= 0.6 is 45.8 Å². The van der Waals surface area contributed by atoms with E-state index >= 15 is 0 Å². The average Bonchev–Trinajstić information content (AvgIpc) is 3.49. The van der Waals surface area contributed by atoms with Crippen molar-refractivity contribution in [2.24, 2.45) is 0 Å². The molecule has 3 heterocycles. The van der Waals surface area contributed by atoms with Crippen LogP contribution in [0.4, 0.5) is 0 Å². The van der Waals surface area contributed by atoms with Gasteiger partial charge >= 0.3 is 0 Å². The molecule has 0 saturated carbocycles. The van der Waals surface area contributed by atoms with Gasteiger partial charge in [-0.15, -0.1) is 0 Å². The Bertz CT molecular complexity index is 1200. The van der Waals surface area contributed by atoms with E-state index in [1.54, 1.807) is 6.07 Å². The van der Waals surface area contributed by atoms with Gasteiger partial charge in [0.15, 0.2) is 5.69 Å². The number of nitrogens with one attached hydrogen (secondary N) is 1. The molecule has 1 N–H and O–H groups in total. The molecule has 9 heteroatoms. The van der Waals surface area contributed by atoms with Crippen molar-refractivity contribution in [1.29, 1.82) is 0 Å². The van der Waals surface area contributed by atoms with Crippen LogP contribution in [0.25, 0.3) is 17.1 Å². The normalized spacial score (nSPS) is 17.1. The molecular formula is C26H28Cl2IN5O. The lowest BCUT2D eigenvalue weighted by atomic mass is 10.2. The molecule has 3 aromatic rings. The van der Waals surface area contributed by atoms with Crippen molar-refractivity contribution in [3.05, 3.63) is 67.5 Å². The number of halogens is 3. The molecule has 0 radical (unpaired) electrons. The maximum atomic E-state index is 13.6. The van der Waals surface area contributed by atoms with Crippen LogP contribution in [0.2, 0.25) is 10.0 Å². The topological polar surface area (TPSA) is 53.4 Å². The first kappa shape index (κ1) is 25.0. The predicted molar refractivity (Wildman–Crippen MR) is 149 cm³/mol. The fourth-order valence-electron chi connectivity index (χ4n) is 4.86. The first-order valence-electron chi connectivity index (χ1n) is 12.1. The summed E-state index contributed by atoms with van der Waals surface area (Å²) in [6.45, 7) is 4.40. The van der Waals surface area contributed by atoms with Gasteiger partial charge in [0.1, 0.15) is 5.82 Å². The number of carbonyl (C=O) groups is 1. The van der Waals surface area contributed by atoms with Gasteiger partial charge in [0, 0.05) is 39.5 Å². The van der Waals surface area contributed by atoms with E-state index in [2.05, 4.69) is 61.7 Å². The Hall–Kier alpha value is -1.65. The fraction of sp³-hybridized carbons (Fsp3) is 0.385. The van der Waals surface area contributed by atoms with Crippen LogP contribution in [0.1, 0.15) is 48.3 Å². The molecule has 5 rings (SSSR count). The zero-order chi connectivity index (χ0) is 24.4. The zero-order valence-corrected chi connectivity index (χ0v) is 23.1. The summed E-state index contributed by atoms with van der Waals surface area (Å²) in [5.41, 5.74) is 6.14. The number of hydrazine groups is 1. The quantitative estimate of drug-likeness (QED) is 0.333. The molecule has 0 unspecified atom stereocenters. The van der Waals surface area contributed by atoms with Crippen LogP contribution in [0.15, 0.2) is 42.5 Å². The van der Waals surface area contributed by atoms with Crippen molar-refractivity contribution in [2.45, 2.75) is 38.6 Å². The number of piperidine rings is 1. The number of carbonyl (C=O) groups excluding carboxylic acids is 1. The van der Waals surface area contributed by atoms with E-state index in [-0.39, 0.29) is 5.91 Å². The second-order valence-electron chi connectivity index (χ2n) is 9.14. The maximum absolute atomic E-state index is 13.6. The smallest absolute Gasteiger partial charge is 0.286 e. The van der Waals surface area contributed by atoms with Crippen molar-refractivity contribution < 1.29 is 4.79 Å². The maximum Gasteiger partial charge on any atom is 0.286 e. The Labute approximate surface area is 229 Å². The van der Waals surface area contributed by atoms with Crippen molar-refractivity contribution in [1.82, 2.24) is 24.9 Å². The van der Waals surface area contributed by atoms with E-state index < -0.39 is 0 Å². The van der Waals surface area contributed by atoms with Crippen molar-refractivity contribution in [3.8, 4) is 17.1 Å². The Morgan fingerprint density at radius 1 is 0.943 bits per heavy atom. The summed E-state index contributed by atoms with van der Waals surface area (Å²) < 4.78 is 3.23. The van der Waals surface area contributed by atoms with Gasteiger partial charge in [-0.1, -0.05) is 29.6 Å². The molecule has 0 bridgehead atoms. The third-order valence-electron chi connectivity index (χ3n) is 6.63. The number of imidazole rings is 1. The first-order valence-corrected chi connectivity index (χ1v) is 13.9. The summed E-state index contributed by atoms with van der Waals surface area (Å²) >= 11 is 15.2. The molecule has 0 aliphatic carbocycles. The van der Waals surface area contributed by atoms with Crippen molar-refractivity contribution in [2.75, 3.05) is 26.2 Å². The van der Waals surface area contributed by atoms with E-state index in [1.807, 2.05) is 17.1 Å². The molecular weight excluding hydrogens is 596 g/mol. The number of hydrogen-bond acceptors (Lipinski definition) is 4. The lowest BCUT2D eigenvalue weighted by Gasteiger charge is -2.26. The molecule has 6 nitrogen and oxygen atoms in total. The number of nitrogens with zero attached hydrogens (tertiary/aromatic N) is 4. The second-order valence-corrected chi connectivity index (χ2v) is 11.2. The Balaban J connectivity index is 1.65. The van der Waals surface area contributed by atoms with Gasteiger partial charge in [-0.3, -0.25) is 19.7 Å².